The second kappa shape index (κ2) is 7.41. The number of carboxylic acid groups (broad SMARTS) is 1. The van der Waals surface area contributed by atoms with Crippen LogP contribution in [0.1, 0.15) is 37.2 Å². The number of nitrogens with zero attached hydrogens (tertiary/aromatic N) is 3. The summed E-state index contributed by atoms with van der Waals surface area (Å²) in [5.41, 5.74) is -0.655. The molecule has 9 heteroatoms. The number of carbonyl (C=O) groups is 2. The van der Waals surface area contributed by atoms with E-state index in [4.69, 9.17) is 28.3 Å². The predicted molar refractivity (Wildman–Crippen MR) is 94.5 cm³/mol. The van der Waals surface area contributed by atoms with Crippen molar-refractivity contribution in [2.24, 2.45) is 5.41 Å². The van der Waals surface area contributed by atoms with Gasteiger partial charge in [0.1, 0.15) is 11.5 Å². The fourth-order valence-corrected chi connectivity index (χ4v) is 2.55. The van der Waals surface area contributed by atoms with Crippen LogP contribution in [0.4, 0.5) is 0 Å². The Balaban J connectivity index is 2.32. The number of amides is 1. The molecule has 2 aromatic rings. The molecule has 0 aliphatic carbocycles. The molecule has 0 saturated carbocycles. The van der Waals surface area contributed by atoms with Crippen molar-refractivity contribution in [3.63, 3.8) is 0 Å². The summed E-state index contributed by atoms with van der Waals surface area (Å²) in [4.78, 5) is 27.6. The molecule has 0 saturated heterocycles. The number of aromatic nitrogens is 3. The Hall–Kier alpha value is -2.12. The number of carboxylic acids is 1. The molecule has 0 fully saturated rings. The monoisotopic (exact) mass is 384 g/mol. The second-order valence-electron chi connectivity index (χ2n) is 6.06. The van der Waals surface area contributed by atoms with E-state index >= 15 is 0 Å². The van der Waals surface area contributed by atoms with Crippen molar-refractivity contribution in [1.82, 2.24) is 20.1 Å². The summed E-state index contributed by atoms with van der Waals surface area (Å²) in [6.07, 6.45) is 0.502. The third-order valence-corrected chi connectivity index (χ3v) is 4.22. The lowest BCUT2D eigenvalue weighted by atomic mass is 9.94. The Morgan fingerprint density at radius 3 is 2.40 bits per heavy atom. The first-order valence-corrected chi connectivity index (χ1v) is 8.35. The molecule has 0 radical (unpaired) electrons. The van der Waals surface area contributed by atoms with Crippen molar-refractivity contribution >= 4 is 35.1 Å². The van der Waals surface area contributed by atoms with Gasteiger partial charge in [-0.05, 0) is 26.0 Å². The molecule has 1 aromatic carbocycles. The van der Waals surface area contributed by atoms with Crippen LogP contribution in [0.25, 0.3) is 5.69 Å². The zero-order valence-corrected chi connectivity index (χ0v) is 15.5. The van der Waals surface area contributed by atoms with Gasteiger partial charge in [-0.1, -0.05) is 36.2 Å². The molecule has 0 atom stereocenters. The van der Waals surface area contributed by atoms with E-state index in [1.165, 1.54) is 18.5 Å². The summed E-state index contributed by atoms with van der Waals surface area (Å²) in [6, 6.07) is 5.04. The predicted octanol–water partition coefficient (Wildman–Crippen LogP) is 2.98. The van der Waals surface area contributed by atoms with Gasteiger partial charge in [0.2, 0.25) is 5.82 Å². The molecule has 0 bridgehead atoms. The molecule has 2 rings (SSSR count). The molecule has 1 heterocycles. The third-order valence-electron chi connectivity index (χ3n) is 3.61. The van der Waals surface area contributed by atoms with E-state index in [9.17, 15) is 9.59 Å². The number of carbonyl (C=O) groups excluding carboxylic acids is 1. The van der Waals surface area contributed by atoms with E-state index in [1.807, 2.05) is 6.92 Å². The van der Waals surface area contributed by atoms with E-state index in [0.29, 0.717) is 28.0 Å². The summed E-state index contributed by atoms with van der Waals surface area (Å²) in [5, 5.41) is 16.6. The Bertz CT molecular complexity index is 797. The molecule has 2 N–H and O–H groups in total. The number of para-hydroxylation sites is 1. The van der Waals surface area contributed by atoms with Crippen molar-refractivity contribution in [3.05, 3.63) is 39.9 Å². The standard InChI is InChI=1S/C16H18Cl2N4O3/c1-4-11-20-13(14(23)19-8-16(2,3)15(24)25)21-22(11)12-9(17)6-5-7-10(12)18/h5-7H,4,8H2,1-3H3,(H,19,23)(H,24,25). The lowest BCUT2D eigenvalue weighted by Crippen LogP contribution is -2.39. The number of halogens is 2. The van der Waals surface area contributed by atoms with E-state index in [-0.39, 0.29) is 12.4 Å². The van der Waals surface area contributed by atoms with Gasteiger partial charge in [0.25, 0.3) is 5.91 Å². The van der Waals surface area contributed by atoms with Crippen molar-refractivity contribution in [3.8, 4) is 5.69 Å². The van der Waals surface area contributed by atoms with Gasteiger partial charge in [-0.15, -0.1) is 5.10 Å². The number of hydrogen-bond acceptors (Lipinski definition) is 4. The van der Waals surface area contributed by atoms with E-state index in [0.717, 1.165) is 0 Å². The Kier molecular flexibility index (Phi) is 5.69. The lowest BCUT2D eigenvalue weighted by molar-refractivity contribution is -0.146. The van der Waals surface area contributed by atoms with E-state index in [2.05, 4.69) is 15.4 Å². The largest absolute Gasteiger partial charge is 0.481 e. The smallest absolute Gasteiger partial charge is 0.310 e. The van der Waals surface area contributed by atoms with Gasteiger partial charge in [-0.25, -0.2) is 9.67 Å². The summed E-state index contributed by atoms with van der Waals surface area (Å²) in [5.74, 6) is -1.14. The SMILES string of the molecule is CCc1nc(C(=O)NCC(C)(C)C(=O)O)nn1-c1c(Cl)cccc1Cl. The maximum atomic E-state index is 12.3. The molecule has 1 amide bonds. The van der Waals surface area contributed by atoms with Crippen LogP contribution in [0.2, 0.25) is 10.0 Å². The van der Waals surface area contributed by atoms with Gasteiger partial charge in [-0.3, -0.25) is 9.59 Å². The number of rotatable bonds is 6. The minimum Gasteiger partial charge on any atom is -0.481 e. The second-order valence-corrected chi connectivity index (χ2v) is 6.87. The van der Waals surface area contributed by atoms with Gasteiger partial charge < -0.3 is 10.4 Å². The van der Waals surface area contributed by atoms with E-state index < -0.39 is 17.3 Å². The summed E-state index contributed by atoms with van der Waals surface area (Å²) in [6.45, 7) is 4.84. The van der Waals surface area contributed by atoms with Crippen LogP contribution in [-0.4, -0.2) is 38.3 Å². The third kappa shape index (κ3) is 4.11. The molecule has 25 heavy (non-hydrogen) atoms. The molecular weight excluding hydrogens is 367 g/mol. The number of aryl methyl sites for hydroxylation is 1. The topological polar surface area (TPSA) is 97.1 Å². The van der Waals surface area contributed by atoms with Crippen LogP contribution in [0.15, 0.2) is 18.2 Å². The van der Waals surface area contributed by atoms with Crippen LogP contribution in [0.3, 0.4) is 0 Å². The summed E-state index contributed by atoms with van der Waals surface area (Å²) in [7, 11) is 0. The van der Waals surface area contributed by atoms with E-state index in [1.54, 1.807) is 18.2 Å². The molecule has 0 unspecified atom stereocenters. The van der Waals surface area contributed by atoms with Crippen LogP contribution in [-0.2, 0) is 11.2 Å². The van der Waals surface area contributed by atoms with Gasteiger partial charge in [0.15, 0.2) is 0 Å². The highest BCUT2D eigenvalue weighted by Gasteiger charge is 2.28. The van der Waals surface area contributed by atoms with Crippen LogP contribution in [0, 0.1) is 5.41 Å². The fourth-order valence-electron chi connectivity index (χ4n) is 2.00. The van der Waals surface area contributed by atoms with Crippen molar-refractivity contribution in [2.45, 2.75) is 27.2 Å². The molecular formula is C16H18Cl2N4O3. The van der Waals surface area contributed by atoms with Gasteiger partial charge in [0, 0.05) is 13.0 Å². The molecule has 134 valence electrons. The highest BCUT2D eigenvalue weighted by atomic mass is 35.5. The number of nitrogens with one attached hydrogen (secondary N) is 1. The lowest BCUT2D eigenvalue weighted by Gasteiger charge is -2.18. The molecule has 1 aromatic heterocycles. The summed E-state index contributed by atoms with van der Waals surface area (Å²) < 4.78 is 1.43. The quantitative estimate of drug-likeness (QED) is 0.797. The fraction of sp³-hybridized carbons (Fsp3) is 0.375. The molecule has 0 aliphatic rings. The van der Waals surface area contributed by atoms with Gasteiger partial charge in [0.05, 0.1) is 15.5 Å². The first-order valence-electron chi connectivity index (χ1n) is 7.59. The molecule has 0 aliphatic heterocycles. The minimum absolute atomic E-state index is 0.0516. The van der Waals surface area contributed by atoms with Gasteiger partial charge in [-0.2, -0.15) is 0 Å². The average molecular weight is 385 g/mol. The maximum Gasteiger partial charge on any atom is 0.310 e. The first-order chi connectivity index (χ1) is 11.7. The van der Waals surface area contributed by atoms with Crippen LogP contribution < -0.4 is 5.32 Å². The van der Waals surface area contributed by atoms with Crippen molar-refractivity contribution < 1.29 is 14.7 Å². The summed E-state index contributed by atoms with van der Waals surface area (Å²) >= 11 is 12.4. The minimum atomic E-state index is -1.10. The number of hydrogen-bond donors (Lipinski definition) is 2. The molecule has 7 nitrogen and oxygen atoms in total. The number of benzene rings is 1. The van der Waals surface area contributed by atoms with Crippen LogP contribution >= 0.6 is 23.2 Å². The highest BCUT2D eigenvalue weighted by molar-refractivity contribution is 6.37. The van der Waals surface area contributed by atoms with Crippen molar-refractivity contribution in [1.29, 1.82) is 0 Å². The zero-order chi connectivity index (χ0) is 18.8. The highest BCUT2D eigenvalue weighted by Crippen LogP contribution is 2.28. The Labute approximate surface area is 155 Å². The number of aliphatic carboxylic acids is 1. The van der Waals surface area contributed by atoms with Crippen LogP contribution in [0.5, 0.6) is 0 Å². The van der Waals surface area contributed by atoms with Crippen molar-refractivity contribution in [2.75, 3.05) is 6.54 Å². The Morgan fingerprint density at radius 1 is 1.28 bits per heavy atom. The van der Waals surface area contributed by atoms with Gasteiger partial charge >= 0.3 is 5.97 Å². The average Bonchev–Trinajstić information content (AvgIpc) is 2.96. The Morgan fingerprint density at radius 2 is 1.88 bits per heavy atom. The first kappa shape index (κ1) is 19.2. The molecule has 0 spiro atoms. The zero-order valence-electron chi connectivity index (χ0n) is 14.0. The maximum absolute atomic E-state index is 12.3. The normalized spacial score (nSPS) is 11.4.